The van der Waals surface area contributed by atoms with Crippen LogP contribution >= 0.6 is 0 Å². The highest BCUT2D eigenvalue weighted by atomic mass is 15.3. The van der Waals surface area contributed by atoms with Gasteiger partial charge in [0.2, 0.25) is 0 Å². The van der Waals surface area contributed by atoms with Crippen LogP contribution in [0.2, 0.25) is 0 Å². The van der Waals surface area contributed by atoms with Gasteiger partial charge in [0.05, 0.1) is 5.69 Å². The molecule has 0 amide bonds. The maximum absolute atomic E-state index is 4.51. The number of aryl methyl sites for hydroxylation is 2. The first-order valence-corrected chi connectivity index (χ1v) is 6.10. The Balaban J connectivity index is 1.96. The smallest absolute Gasteiger partial charge is 0.148 e. The second kappa shape index (κ2) is 3.91. The molecule has 1 saturated carbocycles. The summed E-state index contributed by atoms with van der Waals surface area (Å²) in [7, 11) is 2.00. The van der Waals surface area contributed by atoms with E-state index < -0.39 is 0 Å². The number of nitrogens with zero attached hydrogens (tertiary/aromatic N) is 2. The van der Waals surface area contributed by atoms with Crippen LogP contribution in [0.4, 0.5) is 5.82 Å². The van der Waals surface area contributed by atoms with Crippen LogP contribution in [0, 0.1) is 6.92 Å². The molecule has 0 unspecified atom stereocenters. The van der Waals surface area contributed by atoms with Gasteiger partial charge in [-0.3, -0.25) is 4.68 Å². The zero-order valence-electron chi connectivity index (χ0n) is 10.3. The Morgan fingerprint density at radius 3 is 2.76 bits per heavy atom. The molecule has 0 radical (unpaired) electrons. The molecule has 3 rings (SSSR count). The van der Waals surface area contributed by atoms with Crippen molar-refractivity contribution in [1.29, 1.82) is 0 Å². The third kappa shape index (κ3) is 2.05. The van der Waals surface area contributed by atoms with Crippen LogP contribution in [-0.4, -0.2) is 15.8 Å². The van der Waals surface area contributed by atoms with E-state index in [-0.39, 0.29) is 0 Å². The van der Waals surface area contributed by atoms with E-state index in [0.29, 0.717) is 6.04 Å². The van der Waals surface area contributed by atoms with Gasteiger partial charge in [-0.2, -0.15) is 5.10 Å². The maximum atomic E-state index is 4.51. The van der Waals surface area contributed by atoms with Gasteiger partial charge in [0, 0.05) is 24.7 Å². The summed E-state index contributed by atoms with van der Waals surface area (Å²) in [4.78, 5) is 0. The van der Waals surface area contributed by atoms with E-state index in [1.165, 1.54) is 29.7 Å². The molecule has 2 aromatic rings. The van der Waals surface area contributed by atoms with Gasteiger partial charge in [0.1, 0.15) is 5.82 Å². The highest BCUT2D eigenvalue weighted by molar-refractivity contribution is 5.66. The van der Waals surface area contributed by atoms with Crippen molar-refractivity contribution in [2.45, 2.75) is 25.8 Å². The summed E-state index contributed by atoms with van der Waals surface area (Å²) in [5, 5.41) is 7.95. The number of benzene rings is 1. The number of hydrogen-bond acceptors (Lipinski definition) is 2. The van der Waals surface area contributed by atoms with Crippen molar-refractivity contribution in [3.63, 3.8) is 0 Å². The van der Waals surface area contributed by atoms with Gasteiger partial charge in [-0.15, -0.1) is 0 Å². The lowest BCUT2D eigenvalue weighted by Gasteiger charge is -2.04. The van der Waals surface area contributed by atoms with Crippen molar-refractivity contribution in [3.8, 4) is 11.3 Å². The second-order valence-electron chi connectivity index (χ2n) is 4.77. The highest BCUT2D eigenvalue weighted by Gasteiger charge is 2.22. The Bertz CT molecular complexity index is 538. The average molecular weight is 227 g/mol. The van der Waals surface area contributed by atoms with E-state index in [0.717, 1.165) is 5.82 Å². The molecule has 3 nitrogen and oxygen atoms in total. The van der Waals surface area contributed by atoms with E-state index in [2.05, 4.69) is 47.7 Å². The molecule has 1 N–H and O–H groups in total. The molecule has 0 atom stereocenters. The zero-order chi connectivity index (χ0) is 11.8. The maximum Gasteiger partial charge on any atom is 0.148 e. The van der Waals surface area contributed by atoms with Crippen LogP contribution in [0.3, 0.4) is 0 Å². The minimum Gasteiger partial charge on any atom is -0.366 e. The molecule has 1 aliphatic carbocycles. The standard InChI is InChI=1S/C14H17N3/c1-10-5-3-4-6-12(10)13-9-14(16-17(13)2)15-11-7-8-11/h3-6,9,11H,7-8H2,1-2H3,(H,15,16). The van der Waals surface area contributed by atoms with E-state index in [4.69, 9.17) is 0 Å². The van der Waals surface area contributed by atoms with E-state index in [1.807, 2.05) is 11.7 Å². The van der Waals surface area contributed by atoms with E-state index in [1.54, 1.807) is 0 Å². The summed E-state index contributed by atoms with van der Waals surface area (Å²) in [6.45, 7) is 2.14. The van der Waals surface area contributed by atoms with Crippen molar-refractivity contribution in [2.24, 2.45) is 7.05 Å². The van der Waals surface area contributed by atoms with Crippen molar-refractivity contribution in [2.75, 3.05) is 5.32 Å². The summed E-state index contributed by atoms with van der Waals surface area (Å²) >= 11 is 0. The molecule has 88 valence electrons. The summed E-state index contributed by atoms with van der Waals surface area (Å²) in [5.74, 6) is 0.994. The zero-order valence-corrected chi connectivity index (χ0v) is 10.3. The molecule has 1 aromatic carbocycles. The Morgan fingerprint density at radius 1 is 1.29 bits per heavy atom. The number of nitrogens with one attached hydrogen (secondary N) is 1. The van der Waals surface area contributed by atoms with Crippen molar-refractivity contribution >= 4 is 5.82 Å². The fourth-order valence-corrected chi connectivity index (χ4v) is 2.09. The Labute approximate surface area is 101 Å². The van der Waals surface area contributed by atoms with Gasteiger partial charge in [-0.1, -0.05) is 24.3 Å². The Hall–Kier alpha value is -1.77. The summed E-state index contributed by atoms with van der Waals surface area (Å²) in [6, 6.07) is 11.2. The monoisotopic (exact) mass is 227 g/mol. The lowest BCUT2D eigenvalue weighted by molar-refractivity contribution is 0.775. The second-order valence-corrected chi connectivity index (χ2v) is 4.77. The van der Waals surface area contributed by atoms with Gasteiger partial charge in [0.15, 0.2) is 0 Å². The SMILES string of the molecule is Cc1ccccc1-c1cc(NC2CC2)nn1C. The molecule has 1 aromatic heterocycles. The van der Waals surface area contributed by atoms with Crippen LogP contribution in [0.25, 0.3) is 11.3 Å². The third-order valence-electron chi connectivity index (χ3n) is 3.23. The van der Waals surface area contributed by atoms with Crippen molar-refractivity contribution in [3.05, 3.63) is 35.9 Å². The number of aromatic nitrogens is 2. The normalized spacial score (nSPS) is 14.9. The molecular formula is C14H17N3. The number of anilines is 1. The van der Waals surface area contributed by atoms with Gasteiger partial charge in [0.25, 0.3) is 0 Å². The van der Waals surface area contributed by atoms with Gasteiger partial charge < -0.3 is 5.32 Å². The topological polar surface area (TPSA) is 29.9 Å². The molecule has 0 spiro atoms. The molecule has 1 heterocycles. The van der Waals surface area contributed by atoms with E-state index in [9.17, 15) is 0 Å². The minimum absolute atomic E-state index is 0.648. The highest BCUT2D eigenvalue weighted by Crippen LogP contribution is 2.28. The lowest BCUT2D eigenvalue weighted by Crippen LogP contribution is -2.02. The molecule has 1 fully saturated rings. The molecule has 0 aliphatic heterocycles. The molecular weight excluding hydrogens is 210 g/mol. The fourth-order valence-electron chi connectivity index (χ4n) is 2.09. The molecule has 0 bridgehead atoms. The Kier molecular flexibility index (Phi) is 2.39. The van der Waals surface area contributed by atoms with Crippen molar-refractivity contribution in [1.82, 2.24) is 9.78 Å². The summed E-state index contributed by atoms with van der Waals surface area (Å²) in [5.41, 5.74) is 3.71. The van der Waals surface area contributed by atoms with Crippen LogP contribution in [0.1, 0.15) is 18.4 Å². The number of rotatable bonds is 3. The van der Waals surface area contributed by atoms with Crippen LogP contribution < -0.4 is 5.32 Å². The lowest BCUT2D eigenvalue weighted by atomic mass is 10.1. The first-order chi connectivity index (χ1) is 8.24. The predicted molar refractivity (Wildman–Crippen MR) is 70.0 cm³/mol. The van der Waals surface area contributed by atoms with E-state index >= 15 is 0 Å². The first kappa shape index (κ1) is 10.4. The van der Waals surface area contributed by atoms with Gasteiger partial charge in [-0.05, 0) is 25.3 Å². The van der Waals surface area contributed by atoms with Crippen molar-refractivity contribution < 1.29 is 0 Å². The Morgan fingerprint density at radius 2 is 2.06 bits per heavy atom. The number of hydrogen-bond donors (Lipinski definition) is 1. The quantitative estimate of drug-likeness (QED) is 0.873. The summed E-state index contributed by atoms with van der Waals surface area (Å²) < 4.78 is 1.95. The fraction of sp³-hybridized carbons (Fsp3) is 0.357. The molecule has 17 heavy (non-hydrogen) atoms. The predicted octanol–water partition coefficient (Wildman–Crippen LogP) is 2.97. The third-order valence-corrected chi connectivity index (χ3v) is 3.23. The minimum atomic E-state index is 0.648. The molecule has 0 saturated heterocycles. The molecule has 1 aliphatic rings. The summed E-state index contributed by atoms with van der Waals surface area (Å²) in [6.07, 6.45) is 2.55. The van der Waals surface area contributed by atoms with Crippen LogP contribution in [0.5, 0.6) is 0 Å². The largest absolute Gasteiger partial charge is 0.366 e. The average Bonchev–Trinajstić information content (AvgIpc) is 3.03. The van der Waals surface area contributed by atoms with Crippen LogP contribution in [-0.2, 0) is 7.05 Å². The van der Waals surface area contributed by atoms with Crippen LogP contribution in [0.15, 0.2) is 30.3 Å². The molecule has 3 heteroatoms. The van der Waals surface area contributed by atoms with Gasteiger partial charge >= 0.3 is 0 Å². The van der Waals surface area contributed by atoms with Gasteiger partial charge in [-0.25, -0.2) is 0 Å². The first-order valence-electron chi connectivity index (χ1n) is 6.10.